The lowest BCUT2D eigenvalue weighted by molar-refractivity contribution is -0.161. The molecule has 0 aliphatic heterocycles. The van der Waals surface area contributed by atoms with Crippen LogP contribution in [0, 0.1) is 0 Å². The Hall–Kier alpha value is -2.56. The maximum atomic E-state index is 12.9. The minimum atomic E-state index is -4.74. The van der Waals surface area contributed by atoms with Gasteiger partial charge in [0.2, 0.25) is 0 Å². The molecule has 0 saturated heterocycles. The second-order valence-corrected chi connectivity index (χ2v) is 21.3. The van der Waals surface area contributed by atoms with E-state index in [0.29, 0.717) is 19.3 Å². The van der Waals surface area contributed by atoms with E-state index in [1.807, 2.05) is 0 Å². The summed E-state index contributed by atoms with van der Waals surface area (Å²) in [5.41, 5.74) is 0. The van der Waals surface area contributed by atoms with E-state index in [2.05, 4.69) is 69.4 Å². The molecule has 0 rings (SSSR count). The highest BCUT2D eigenvalue weighted by atomic mass is 31.2. The molecule has 0 aliphatic carbocycles. The normalized spacial score (nSPS) is 13.7. The average Bonchev–Trinajstić information content (AvgIpc) is 3.37. The lowest BCUT2D eigenvalue weighted by Crippen LogP contribution is -2.30. The monoisotopic (exact) mass is 1040 g/mol. The van der Waals surface area contributed by atoms with Crippen molar-refractivity contribution >= 4 is 25.7 Å². The maximum Gasteiger partial charge on any atom is 0.472 e. The van der Waals surface area contributed by atoms with Gasteiger partial charge in [-0.1, -0.05) is 223 Å². The first-order chi connectivity index (χ1) is 35.2. The highest BCUT2D eigenvalue weighted by Gasteiger charge is 2.28. The molecule has 3 unspecified atom stereocenters. The molecule has 0 amide bonds. The molecule has 0 aromatic heterocycles. The molecule has 2 N–H and O–H groups in total. The van der Waals surface area contributed by atoms with Crippen LogP contribution in [0.2, 0.25) is 0 Å². The molecule has 12 heteroatoms. The highest BCUT2D eigenvalue weighted by Crippen LogP contribution is 2.43. The predicted octanol–water partition coefficient (Wildman–Crippen LogP) is 17.4. The zero-order chi connectivity index (χ0) is 52.7. The van der Waals surface area contributed by atoms with Gasteiger partial charge in [-0.3, -0.25) is 23.4 Å². The lowest BCUT2D eigenvalue weighted by Gasteiger charge is -2.21. The second kappa shape index (κ2) is 54.7. The van der Waals surface area contributed by atoms with Gasteiger partial charge in [0.05, 0.1) is 19.8 Å². The Labute approximate surface area is 441 Å². The average molecular weight is 1040 g/mol. The van der Waals surface area contributed by atoms with Gasteiger partial charge in [-0.05, 0) is 83.5 Å². The summed E-state index contributed by atoms with van der Waals surface area (Å²) >= 11 is 0. The first-order valence-electron chi connectivity index (χ1n) is 29.5. The summed E-state index contributed by atoms with van der Waals surface area (Å²) in [6.45, 7) is 4.59. The third-order valence-electron chi connectivity index (χ3n) is 12.7. The van der Waals surface area contributed by atoms with Gasteiger partial charge in [0, 0.05) is 19.3 Å². The molecule has 11 nitrogen and oxygen atoms in total. The Morgan fingerprint density at radius 2 is 0.681 bits per heavy atom. The number of aliphatic hydroxyl groups is 1. The summed E-state index contributed by atoms with van der Waals surface area (Å²) in [4.78, 5) is 48.5. The maximum absolute atomic E-state index is 12.9. The molecule has 3 atom stereocenters. The molecule has 0 heterocycles. The van der Waals surface area contributed by atoms with E-state index in [1.54, 1.807) is 0 Å². The van der Waals surface area contributed by atoms with E-state index in [1.165, 1.54) is 128 Å². The molecule has 0 radical (unpaired) electrons. The SMILES string of the molecule is CCCCC/C=C\C/C=C\CCCCCCCCCCCC(=O)OC(COC(=O)CCCCCCCCCCC)COP(=O)(O)OCC(CO)OC(=O)CCCCCCCCC/C=C\C/C=C\CCCCC. The largest absolute Gasteiger partial charge is 0.472 e. The van der Waals surface area contributed by atoms with E-state index in [9.17, 15) is 28.9 Å². The number of carbonyl (C=O) groups is 3. The summed E-state index contributed by atoms with van der Waals surface area (Å²) < 4.78 is 39.5. The van der Waals surface area contributed by atoms with Crippen LogP contribution in [-0.4, -0.2) is 66.5 Å². The van der Waals surface area contributed by atoms with Crippen molar-refractivity contribution in [3.8, 4) is 0 Å². The van der Waals surface area contributed by atoms with Gasteiger partial charge >= 0.3 is 25.7 Å². The molecular weight excluding hydrogens is 928 g/mol. The Balaban J connectivity index is 4.61. The van der Waals surface area contributed by atoms with Crippen LogP contribution in [0.1, 0.15) is 278 Å². The van der Waals surface area contributed by atoms with Crippen molar-refractivity contribution in [1.29, 1.82) is 0 Å². The second-order valence-electron chi connectivity index (χ2n) is 19.8. The molecule has 0 spiro atoms. The summed E-state index contributed by atoms with van der Waals surface area (Å²) in [5, 5.41) is 9.81. The highest BCUT2D eigenvalue weighted by molar-refractivity contribution is 7.47. The number of carbonyl (C=O) groups excluding carboxylic acids is 3. The number of hydrogen-bond donors (Lipinski definition) is 2. The van der Waals surface area contributed by atoms with Gasteiger partial charge in [0.1, 0.15) is 12.7 Å². The van der Waals surface area contributed by atoms with Crippen molar-refractivity contribution in [2.45, 2.75) is 290 Å². The molecule has 0 aromatic rings. The Morgan fingerprint density at radius 3 is 1.06 bits per heavy atom. The van der Waals surface area contributed by atoms with Crippen molar-refractivity contribution in [2.24, 2.45) is 0 Å². The van der Waals surface area contributed by atoms with E-state index in [-0.39, 0.29) is 25.9 Å². The Morgan fingerprint density at radius 1 is 0.389 bits per heavy atom. The fourth-order valence-electron chi connectivity index (χ4n) is 8.18. The van der Waals surface area contributed by atoms with Crippen LogP contribution >= 0.6 is 7.82 Å². The van der Waals surface area contributed by atoms with Gasteiger partial charge in [-0.2, -0.15) is 0 Å². The van der Waals surface area contributed by atoms with Crippen LogP contribution in [-0.2, 0) is 42.2 Å². The molecule has 72 heavy (non-hydrogen) atoms. The van der Waals surface area contributed by atoms with Crippen LogP contribution in [0.3, 0.4) is 0 Å². The van der Waals surface area contributed by atoms with Crippen molar-refractivity contribution < 1.29 is 52.2 Å². The number of phosphoric ester groups is 1. The van der Waals surface area contributed by atoms with Crippen molar-refractivity contribution in [3.63, 3.8) is 0 Å². The smallest absolute Gasteiger partial charge is 0.462 e. The number of unbranched alkanes of at least 4 members (excludes halogenated alkanes) is 30. The molecule has 420 valence electrons. The first kappa shape index (κ1) is 69.4. The zero-order valence-corrected chi connectivity index (χ0v) is 47.3. The van der Waals surface area contributed by atoms with Crippen molar-refractivity contribution in [1.82, 2.24) is 0 Å². The van der Waals surface area contributed by atoms with Gasteiger partial charge in [-0.25, -0.2) is 4.57 Å². The molecule has 0 aliphatic rings. The van der Waals surface area contributed by atoms with Gasteiger partial charge in [0.15, 0.2) is 6.10 Å². The Bertz CT molecular complexity index is 1400. The number of allylic oxidation sites excluding steroid dienone is 8. The standard InChI is InChI=1S/C60H109O11P/c1-4-7-10-13-16-19-21-23-25-27-28-30-32-34-36-39-42-45-48-51-60(64)71-57(53-67-58(62)49-46-43-40-37-18-15-12-9-6-3)55-69-72(65,66)68-54-56(52-61)70-59(63)50-47-44-41-38-35-33-31-29-26-24-22-20-17-14-11-8-5-2/h16-17,19-20,23-26,56-57,61H,4-15,18,21-22,27-55H2,1-3H3,(H,65,66)/b19-16-,20-17-,25-23-,26-24-. The molecule has 0 fully saturated rings. The molecule has 0 bridgehead atoms. The van der Waals surface area contributed by atoms with Crippen molar-refractivity contribution in [2.75, 3.05) is 26.4 Å². The Kier molecular flexibility index (Phi) is 52.7. The van der Waals surface area contributed by atoms with E-state index >= 15 is 0 Å². The summed E-state index contributed by atoms with van der Waals surface area (Å²) in [6, 6.07) is 0. The van der Waals surface area contributed by atoms with E-state index in [4.69, 9.17) is 23.3 Å². The molecule has 0 aromatic carbocycles. The third kappa shape index (κ3) is 52.3. The van der Waals surface area contributed by atoms with Gasteiger partial charge < -0.3 is 24.2 Å². The van der Waals surface area contributed by atoms with Gasteiger partial charge in [-0.15, -0.1) is 0 Å². The summed E-state index contributed by atoms with van der Waals surface area (Å²) in [6.07, 6.45) is 57.8. The van der Waals surface area contributed by atoms with Crippen LogP contribution in [0.25, 0.3) is 0 Å². The van der Waals surface area contributed by atoms with Crippen molar-refractivity contribution in [3.05, 3.63) is 48.6 Å². The third-order valence-corrected chi connectivity index (χ3v) is 13.7. The minimum absolute atomic E-state index is 0.165. The first-order valence-corrected chi connectivity index (χ1v) is 31.0. The molecule has 0 saturated carbocycles. The quantitative estimate of drug-likeness (QED) is 0.0197. The topological polar surface area (TPSA) is 155 Å². The zero-order valence-electron chi connectivity index (χ0n) is 46.4. The summed E-state index contributed by atoms with van der Waals surface area (Å²) in [5.74, 6) is -1.46. The number of esters is 3. The van der Waals surface area contributed by atoms with E-state index < -0.39 is 57.8 Å². The van der Waals surface area contributed by atoms with Gasteiger partial charge in [0.25, 0.3) is 0 Å². The number of ether oxygens (including phenoxy) is 3. The predicted molar refractivity (Wildman–Crippen MR) is 298 cm³/mol. The summed E-state index contributed by atoms with van der Waals surface area (Å²) in [7, 11) is -4.74. The fraction of sp³-hybridized carbons (Fsp3) is 0.817. The lowest BCUT2D eigenvalue weighted by atomic mass is 10.1. The van der Waals surface area contributed by atoms with Crippen LogP contribution in [0.4, 0.5) is 0 Å². The van der Waals surface area contributed by atoms with Crippen LogP contribution in [0.5, 0.6) is 0 Å². The minimum Gasteiger partial charge on any atom is -0.462 e. The van der Waals surface area contributed by atoms with Crippen LogP contribution < -0.4 is 0 Å². The number of phosphoric acid groups is 1. The van der Waals surface area contributed by atoms with E-state index in [0.717, 1.165) is 89.9 Å². The number of hydrogen-bond acceptors (Lipinski definition) is 10. The number of aliphatic hydroxyl groups excluding tert-OH is 1. The molecular formula is C60H109O11P. The van der Waals surface area contributed by atoms with Crippen LogP contribution in [0.15, 0.2) is 48.6 Å². The fourth-order valence-corrected chi connectivity index (χ4v) is 8.97. The number of rotatable bonds is 55.